The van der Waals surface area contributed by atoms with Crippen LogP contribution in [0.15, 0.2) is 23.7 Å². The van der Waals surface area contributed by atoms with Crippen LogP contribution in [0.5, 0.6) is 0 Å². The molecule has 0 aliphatic carbocycles. The molecule has 2 aromatic rings. The number of aryl methyl sites for hydroxylation is 1. The van der Waals surface area contributed by atoms with E-state index >= 15 is 0 Å². The van der Waals surface area contributed by atoms with Crippen LogP contribution in [0.4, 0.5) is 8.78 Å². The van der Waals surface area contributed by atoms with E-state index in [1.54, 1.807) is 5.51 Å². The number of benzene rings is 1. The quantitative estimate of drug-likeness (QED) is 0.607. The summed E-state index contributed by atoms with van der Waals surface area (Å²) in [6.45, 7) is 1.87. The first-order valence-corrected chi connectivity index (χ1v) is 6.91. The standard InChI is InChI=1S/C14H13F2NO2S/c1-9-13(20-8-17-9)5-6-19-7-12(18)14-10(15)3-2-4-11(14)16/h2-4,8H,5-7H2,1H3. The van der Waals surface area contributed by atoms with E-state index in [1.165, 1.54) is 17.4 Å². The van der Waals surface area contributed by atoms with Crippen LogP contribution in [0.1, 0.15) is 20.9 Å². The summed E-state index contributed by atoms with van der Waals surface area (Å²) in [5.74, 6) is -2.42. The van der Waals surface area contributed by atoms with Crippen molar-refractivity contribution in [2.75, 3.05) is 13.2 Å². The number of thiazole rings is 1. The van der Waals surface area contributed by atoms with Crippen LogP contribution >= 0.6 is 11.3 Å². The first-order chi connectivity index (χ1) is 9.59. The first kappa shape index (κ1) is 14.7. The third kappa shape index (κ3) is 3.46. The van der Waals surface area contributed by atoms with Gasteiger partial charge in [0.2, 0.25) is 0 Å². The second-order valence-corrected chi connectivity index (χ2v) is 5.12. The Morgan fingerprint density at radius 3 is 2.65 bits per heavy atom. The highest BCUT2D eigenvalue weighted by Crippen LogP contribution is 2.14. The van der Waals surface area contributed by atoms with Crippen molar-refractivity contribution >= 4 is 17.1 Å². The molecule has 0 spiro atoms. The van der Waals surface area contributed by atoms with Gasteiger partial charge in [-0.25, -0.2) is 13.8 Å². The first-order valence-electron chi connectivity index (χ1n) is 6.03. The molecule has 0 saturated heterocycles. The number of aromatic nitrogens is 1. The van der Waals surface area contributed by atoms with Gasteiger partial charge >= 0.3 is 0 Å². The number of halogens is 2. The zero-order valence-electron chi connectivity index (χ0n) is 10.9. The lowest BCUT2D eigenvalue weighted by Gasteiger charge is -2.05. The highest BCUT2D eigenvalue weighted by atomic mass is 32.1. The Hall–Kier alpha value is -1.66. The summed E-state index contributed by atoms with van der Waals surface area (Å²) in [6, 6.07) is 3.32. The molecule has 0 saturated carbocycles. The van der Waals surface area contributed by atoms with Gasteiger partial charge in [-0.1, -0.05) is 6.07 Å². The van der Waals surface area contributed by atoms with Crippen LogP contribution in [0.3, 0.4) is 0 Å². The summed E-state index contributed by atoms with van der Waals surface area (Å²) in [5.41, 5.74) is 2.14. The number of ketones is 1. The number of ether oxygens (including phenoxy) is 1. The molecule has 0 N–H and O–H groups in total. The second kappa shape index (κ2) is 6.67. The minimum absolute atomic E-state index is 0.310. The fourth-order valence-electron chi connectivity index (χ4n) is 1.73. The molecule has 0 unspecified atom stereocenters. The van der Waals surface area contributed by atoms with Crippen molar-refractivity contribution in [2.45, 2.75) is 13.3 Å². The zero-order chi connectivity index (χ0) is 14.5. The molecule has 6 heteroatoms. The Kier molecular flexibility index (Phi) is 4.92. The van der Waals surface area contributed by atoms with E-state index in [-0.39, 0.29) is 6.61 Å². The van der Waals surface area contributed by atoms with E-state index in [0.717, 1.165) is 22.7 Å². The third-order valence-corrected chi connectivity index (χ3v) is 3.79. The summed E-state index contributed by atoms with van der Waals surface area (Å²) in [6.07, 6.45) is 0.629. The van der Waals surface area contributed by atoms with Crippen molar-refractivity contribution in [1.82, 2.24) is 4.98 Å². The predicted molar refractivity (Wildman–Crippen MR) is 72.1 cm³/mol. The van der Waals surface area contributed by atoms with Gasteiger partial charge in [0, 0.05) is 11.3 Å². The summed E-state index contributed by atoms with van der Waals surface area (Å²) in [7, 11) is 0. The summed E-state index contributed by atoms with van der Waals surface area (Å²) in [4.78, 5) is 16.9. The number of rotatable bonds is 6. The molecule has 0 radical (unpaired) electrons. The molecule has 2 rings (SSSR count). The number of Topliss-reactive ketones (excluding diaryl/α,β-unsaturated/α-hetero) is 1. The topological polar surface area (TPSA) is 39.2 Å². The van der Waals surface area contributed by atoms with Gasteiger partial charge in [-0.3, -0.25) is 4.79 Å². The molecule has 0 amide bonds. The van der Waals surface area contributed by atoms with Crippen LogP contribution in [0, 0.1) is 18.6 Å². The molecule has 0 fully saturated rings. The average molecular weight is 297 g/mol. The van der Waals surface area contributed by atoms with Gasteiger partial charge in [-0.05, 0) is 19.1 Å². The van der Waals surface area contributed by atoms with E-state index in [0.29, 0.717) is 13.0 Å². The van der Waals surface area contributed by atoms with Gasteiger partial charge in [-0.15, -0.1) is 11.3 Å². The largest absolute Gasteiger partial charge is 0.373 e. The van der Waals surface area contributed by atoms with Gasteiger partial charge in [0.1, 0.15) is 18.2 Å². The van der Waals surface area contributed by atoms with Crippen molar-refractivity contribution in [3.63, 3.8) is 0 Å². The third-order valence-electron chi connectivity index (χ3n) is 2.79. The fourth-order valence-corrected chi connectivity index (χ4v) is 2.49. The number of hydrogen-bond acceptors (Lipinski definition) is 4. The molecule has 20 heavy (non-hydrogen) atoms. The highest BCUT2D eigenvalue weighted by molar-refractivity contribution is 7.09. The number of carbonyl (C=O) groups is 1. The molecule has 3 nitrogen and oxygen atoms in total. The van der Waals surface area contributed by atoms with Crippen molar-refractivity contribution in [1.29, 1.82) is 0 Å². The monoisotopic (exact) mass is 297 g/mol. The normalized spacial score (nSPS) is 10.8. The van der Waals surface area contributed by atoms with E-state index in [2.05, 4.69) is 4.98 Å². The van der Waals surface area contributed by atoms with E-state index < -0.39 is 23.0 Å². The van der Waals surface area contributed by atoms with Crippen LogP contribution in [-0.4, -0.2) is 24.0 Å². The predicted octanol–water partition coefficient (Wildman–Crippen LogP) is 3.17. The lowest BCUT2D eigenvalue weighted by Crippen LogP contribution is -2.14. The Morgan fingerprint density at radius 1 is 1.35 bits per heavy atom. The smallest absolute Gasteiger partial charge is 0.194 e. The zero-order valence-corrected chi connectivity index (χ0v) is 11.7. The minimum atomic E-state index is -0.864. The van der Waals surface area contributed by atoms with E-state index in [9.17, 15) is 13.6 Å². The van der Waals surface area contributed by atoms with Crippen LogP contribution in [0.25, 0.3) is 0 Å². The minimum Gasteiger partial charge on any atom is -0.373 e. The molecule has 1 heterocycles. The molecule has 0 aliphatic rings. The van der Waals surface area contributed by atoms with Gasteiger partial charge in [0.25, 0.3) is 0 Å². The van der Waals surface area contributed by atoms with Crippen LogP contribution < -0.4 is 0 Å². The Balaban J connectivity index is 1.85. The summed E-state index contributed by atoms with van der Waals surface area (Å²) >= 11 is 1.51. The molecular weight excluding hydrogens is 284 g/mol. The summed E-state index contributed by atoms with van der Waals surface area (Å²) < 4.78 is 31.9. The maximum absolute atomic E-state index is 13.4. The molecule has 0 aliphatic heterocycles. The second-order valence-electron chi connectivity index (χ2n) is 4.18. The van der Waals surface area contributed by atoms with E-state index in [4.69, 9.17) is 4.74 Å². The lowest BCUT2D eigenvalue weighted by molar-refractivity contribution is 0.0758. The number of carbonyl (C=O) groups excluding carboxylic acids is 1. The van der Waals surface area contributed by atoms with Gasteiger partial charge < -0.3 is 4.74 Å². The SMILES string of the molecule is Cc1ncsc1CCOCC(=O)c1c(F)cccc1F. The van der Waals surface area contributed by atoms with Gasteiger partial charge in [0.05, 0.1) is 23.4 Å². The van der Waals surface area contributed by atoms with Gasteiger partial charge in [-0.2, -0.15) is 0 Å². The van der Waals surface area contributed by atoms with Gasteiger partial charge in [0.15, 0.2) is 5.78 Å². The molecule has 0 bridgehead atoms. The number of nitrogens with zero attached hydrogens (tertiary/aromatic N) is 1. The molecular formula is C14H13F2NO2S. The Labute approximate surface area is 119 Å². The van der Waals surface area contributed by atoms with Crippen LogP contribution in [-0.2, 0) is 11.2 Å². The van der Waals surface area contributed by atoms with Crippen molar-refractivity contribution in [3.05, 3.63) is 51.5 Å². The molecule has 1 aromatic heterocycles. The Bertz CT molecular complexity index is 593. The van der Waals surface area contributed by atoms with Crippen molar-refractivity contribution in [2.24, 2.45) is 0 Å². The van der Waals surface area contributed by atoms with Crippen molar-refractivity contribution in [3.8, 4) is 0 Å². The summed E-state index contributed by atoms with van der Waals surface area (Å²) in [5, 5.41) is 0. The van der Waals surface area contributed by atoms with E-state index in [1.807, 2.05) is 6.92 Å². The number of hydrogen-bond donors (Lipinski definition) is 0. The Morgan fingerprint density at radius 2 is 2.05 bits per heavy atom. The average Bonchev–Trinajstić information content (AvgIpc) is 2.80. The highest BCUT2D eigenvalue weighted by Gasteiger charge is 2.16. The maximum atomic E-state index is 13.4. The maximum Gasteiger partial charge on any atom is 0.194 e. The molecule has 0 atom stereocenters. The fraction of sp³-hybridized carbons (Fsp3) is 0.286. The molecule has 1 aromatic carbocycles. The van der Waals surface area contributed by atoms with Crippen molar-refractivity contribution < 1.29 is 18.3 Å². The lowest BCUT2D eigenvalue weighted by atomic mass is 10.1. The molecule has 106 valence electrons. The van der Waals surface area contributed by atoms with Crippen LogP contribution in [0.2, 0.25) is 0 Å².